The summed E-state index contributed by atoms with van der Waals surface area (Å²) in [5.74, 6) is 0.642. The van der Waals surface area contributed by atoms with Crippen LogP contribution >= 0.6 is 24.0 Å². The van der Waals surface area contributed by atoms with Gasteiger partial charge in [-0.05, 0) is 25.8 Å². The fraction of sp³-hybridized carbons (Fsp3) is 0.500. The second-order valence-corrected chi connectivity index (χ2v) is 4.89. The highest BCUT2D eigenvalue weighted by Crippen LogP contribution is 2.04. The van der Waals surface area contributed by atoms with Crippen molar-refractivity contribution in [2.45, 2.75) is 33.7 Å². The van der Waals surface area contributed by atoms with Crippen molar-refractivity contribution in [2.75, 3.05) is 19.6 Å². The molecule has 1 aromatic carbocycles. The first-order valence-electron chi connectivity index (χ1n) is 7.50. The van der Waals surface area contributed by atoms with Gasteiger partial charge < -0.3 is 16.0 Å². The van der Waals surface area contributed by atoms with E-state index >= 15 is 0 Å². The third-order valence-electron chi connectivity index (χ3n) is 2.84. The summed E-state index contributed by atoms with van der Waals surface area (Å²) in [6, 6.07) is 8.25. The van der Waals surface area contributed by atoms with Crippen molar-refractivity contribution in [1.82, 2.24) is 16.0 Å². The van der Waals surface area contributed by atoms with E-state index in [1.54, 1.807) is 0 Å². The van der Waals surface area contributed by atoms with Crippen LogP contribution in [0.5, 0.6) is 0 Å². The molecule has 0 unspecified atom stereocenters. The van der Waals surface area contributed by atoms with E-state index < -0.39 is 0 Å². The Morgan fingerprint density at radius 3 is 2.59 bits per heavy atom. The number of rotatable bonds is 7. The van der Waals surface area contributed by atoms with Crippen LogP contribution in [0.2, 0.25) is 0 Å². The molecule has 0 saturated carbocycles. The number of aliphatic imine (C=N–C) groups is 1. The molecule has 6 heteroatoms. The van der Waals surface area contributed by atoms with Crippen LogP contribution in [-0.2, 0) is 11.3 Å². The van der Waals surface area contributed by atoms with E-state index in [0.29, 0.717) is 19.0 Å². The summed E-state index contributed by atoms with van der Waals surface area (Å²) in [5.41, 5.74) is 2.38. The molecular weight excluding hydrogens is 391 g/mol. The third-order valence-corrected chi connectivity index (χ3v) is 2.84. The molecule has 0 radical (unpaired) electrons. The smallest absolute Gasteiger partial charge is 0.239 e. The maximum Gasteiger partial charge on any atom is 0.239 e. The monoisotopic (exact) mass is 418 g/mol. The highest BCUT2D eigenvalue weighted by molar-refractivity contribution is 14.0. The zero-order valence-corrected chi connectivity index (χ0v) is 15.9. The van der Waals surface area contributed by atoms with E-state index in [0.717, 1.165) is 18.5 Å². The first kappa shape index (κ1) is 20.7. The summed E-state index contributed by atoms with van der Waals surface area (Å²) in [4.78, 5) is 16.1. The highest BCUT2D eigenvalue weighted by atomic mass is 127. The van der Waals surface area contributed by atoms with Gasteiger partial charge in [0.15, 0.2) is 5.96 Å². The minimum Gasteiger partial charge on any atom is -0.357 e. The third kappa shape index (κ3) is 8.86. The number of guanidine groups is 1. The van der Waals surface area contributed by atoms with Gasteiger partial charge >= 0.3 is 0 Å². The van der Waals surface area contributed by atoms with Crippen LogP contribution in [0.1, 0.15) is 31.4 Å². The Labute approximate surface area is 150 Å². The predicted molar refractivity (Wildman–Crippen MR) is 103 cm³/mol. The van der Waals surface area contributed by atoms with Gasteiger partial charge in [-0.1, -0.05) is 36.8 Å². The van der Waals surface area contributed by atoms with Crippen LogP contribution in [0, 0.1) is 6.92 Å². The van der Waals surface area contributed by atoms with Crippen LogP contribution in [0.15, 0.2) is 29.3 Å². The Morgan fingerprint density at radius 1 is 1.18 bits per heavy atom. The lowest BCUT2D eigenvalue weighted by Gasteiger charge is -2.11. The number of halogens is 1. The molecule has 0 aromatic heterocycles. The first-order chi connectivity index (χ1) is 10.2. The van der Waals surface area contributed by atoms with Gasteiger partial charge in [0.05, 0.1) is 13.1 Å². The molecule has 22 heavy (non-hydrogen) atoms. The quantitative estimate of drug-likeness (QED) is 0.362. The van der Waals surface area contributed by atoms with Gasteiger partial charge in [0, 0.05) is 13.1 Å². The summed E-state index contributed by atoms with van der Waals surface area (Å²) in [5, 5.41) is 9.01. The number of carbonyl (C=O) groups is 1. The van der Waals surface area contributed by atoms with Crippen molar-refractivity contribution in [2.24, 2.45) is 4.99 Å². The molecule has 0 aliphatic rings. The minimum absolute atomic E-state index is 0. The molecule has 3 N–H and O–H groups in total. The van der Waals surface area contributed by atoms with Crippen LogP contribution in [0.4, 0.5) is 0 Å². The van der Waals surface area contributed by atoms with Crippen molar-refractivity contribution in [3.63, 3.8) is 0 Å². The maximum atomic E-state index is 11.6. The summed E-state index contributed by atoms with van der Waals surface area (Å²) in [6.07, 6.45) is 0.938. The molecule has 0 aliphatic heterocycles. The van der Waals surface area contributed by atoms with Crippen molar-refractivity contribution in [3.8, 4) is 0 Å². The van der Waals surface area contributed by atoms with Gasteiger partial charge in [-0.15, -0.1) is 24.0 Å². The van der Waals surface area contributed by atoms with Crippen molar-refractivity contribution >= 4 is 35.8 Å². The van der Waals surface area contributed by atoms with E-state index in [1.807, 2.05) is 26.0 Å². The van der Waals surface area contributed by atoms with E-state index in [4.69, 9.17) is 0 Å². The van der Waals surface area contributed by atoms with Gasteiger partial charge in [0.1, 0.15) is 0 Å². The molecule has 1 amide bonds. The zero-order valence-electron chi connectivity index (χ0n) is 13.6. The second-order valence-electron chi connectivity index (χ2n) is 4.89. The number of carbonyl (C=O) groups excluding carboxylic acids is 1. The van der Waals surface area contributed by atoms with Gasteiger partial charge in [-0.25, -0.2) is 4.99 Å². The highest BCUT2D eigenvalue weighted by Gasteiger charge is 2.02. The van der Waals surface area contributed by atoms with E-state index in [-0.39, 0.29) is 36.4 Å². The number of amides is 1. The molecule has 124 valence electrons. The molecule has 0 bridgehead atoms. The van der Waals surface area contributed by atoms with Gasteiger partial charge in [-0.2, -0.15) is 0 Å². The molecule has 0 atom stereocenters. The SMILES string of the molecule is CCCNC(=O)CNC(=NCc1cccc(C)c1)NCC.I. The summed E-state index contributed by atoms with van der Waals surface area (Å²) >= 11 is 0. The number of aryl methyl sites for hydroxylation is 1. The van der Waals surface area contributed by atoms with E-state index in [2.05, 4.69) is 40.0 Å². The normalized spacial score (nSPS) is 10.6. The predicted octanol–water partition coefficient (Wildman–Crippen LogP) is 2.19. The zero-order chi connectivity index (χ0) is 15.5. The summed E-state index contributed by atoms with van der Waals surface area (Å²) < 4.78 is 0. The molecule has 1 rings (SSSR count). The summed E-state index contributed by atoms with van der Waals surface area (Å²) in [6.45, 7) is 8.39. The van der Waals surface area contributed by atoms with Crippen LogP contribution < -0.4 is 16.0 Å². The van der Waals surface area contributed by atoms with Gasteiger partial charge in [-0.3, -0.25) is 4.79 Å². The van der Waals surface area contributed by atoms with Gasteiger partial charge in [0.2, 0.25) is 5.91 Å². The number of nitrogens with zero attached hydrogens (tertiary/aromatic N) is 1. The Hall–Kier alpha value is -1.31. The summed E-state index contributed by atoms with van der Waals surface area (Å²) in [7, 11) is 0. The van der Waals surface area contributed by atoms with Crippen molar-refractivity contribution in [3.05, 3.63) is 35.4 Å². The molecule has 0 fully saturated rings. The first-order valence-corrected chi connectivity index (χ1v) is 7.50. The Balaban J connectivity index is 0.00000441. The Bertz CT molecular complexity index is 477. The van der Waals surface area contributed by atoms with Crippen LogP contribution in [0.25, 0.3) is 0 Å². The average Bonchev–Trinajstić information content (AvgIpc) is 2.48. The Kier molecular flexibility index (Phi) is 11.5. The number of hydrogen-bond donors (Lipinski definition) is 3. The molecule has 0 spiro atoms. The molecule has 1 aromatic rings. The fourth-order valence-electron chi connectivity index (χ4n) is 1.81. The average molecular weight is 418 g/mol. The standard InChI is InChI=1S/C16H26N4O.HI/c1-4-9-18-15(21)12-20-16(17-5-2)19-11-14-8-6-7-13(3)10-14;/h6-8,10H,4-5,9,11-12H2,1-3H3,(H,18,21)(H2,17,19,20);1H. The van der Waals surface area contributed by atoms with Crippen LogP contribution in [0.3, 0.4) is 0 Å². The molecule has 5 nitrogen and oxygen atoms in total. The van der Waals surface area contributed by atoms with E-state index in [1.165, 1.54) is 5.56 Å². The lowest BCUT2D eigenvalue weighted by atomic mass is 10.1. The van der Waals surface area contributed by atoms with E-state index in [9.17, 15) is 4.79 Å². The largest absolute Gasteiger partial charge is 0.357 e. The van der Waals surface area contributed by atoms with Gasteiger partial charge in [0.25, 0.3) is 0 Å². The Morgan fingerprint density at radius 2 is 1.95 bits per heavy atom. The van der Waals surface area contributed by atoms with Crippen molar-refractivity contribution < 1.29 is 4.79 Å². The number of hydrogen-bond acceptors (Lipinski definition) is 2. The molecule has 0 saturated heterocycles. The van der Waals surface area contributed by atoms with Crippen molar-refractivity contribution in [1.29, 1.82) is 0 Å². The molecule has 0 heterocycles. The minimum atomic E-state index is -0.0157. The second kappa shape index (κ2) is 12.3. The topological polar surface area (TPSA) is 65.5 Å². The lowest BCUT2D eigenvalue weighted by Crippen LogP contribution is -2.43. The number of nitrogens with one attached hydrogen (secondary N) is 3. The number of benzene rings is 1. The molecule has 0 aliphatic carbocycles. The van der Waals surface area contributed by atoms with Crippen LogP contribution in [-0.4, -0.2) is 31.5 Å². The fourth-order valence-corrected chi connectivity index (χ4v) is 1.81. The molecular formula is C16H27IN4O. The maximum absolute atomic E-state index is 11.6. The lowest BCUT2D eigenvalue weighted by molar-refractivity contribution is -0.120.